The summed E-state index contributed by atoms with van der Waals surface area (Å²) in [6, 6.07) is 11.1. The van der Waals surface area contributed by atoms with Crippen molar-refractivity contribution in [3.63, 3.8) is 0 Å². The van der Waals surface area contributed by atoms with Crippen molar-refractivity contribution in [2.75, 3.05) is 42.1 Å². The summed E-state index contributed by atoms with van der Waals surface area (Å²) in [6.07, 6.45) is 1.03. The fourth-order valence-electron chi connectivity index (χ4n) is 3.77. The molecular formula is C21H26N4O4S2. The number of benzene rings is 1. The van der Waals surface area contributed by atoms with Gasteiger partial charge in [-0.05, 0) is 17.5 Å². The molecule has 166 valence electrons. The number of pyridine rings is 1. The summed E-state index contributed by atoms with van der Waals surface area (Å²) in [4.78, 5) is 30.1. The first kappa shape index (κ1) is 22.8. The third-order valence-corrected chi connectivity index (χ3v) is 6.61. The Bertz CT molecular complexity index is 1260. The van der Waals surface area contributed by atoms with Gasteiger partial charge in [0.05, 0.1) is 22.3 Å². The molecule has 1 aliphatic heterocycles. The van der Waals surface area contributed by atoms with Gasteiger partial charge in [0.2, 0.25) is 10.0 Å². The minimum Gasteiger partial charge on any atom is -0.366 e. The first-order chi connectivity index (χ1) is 14.3. The van der Waals surface area contributed by atoms with Gasteiger partial charge >= 0.3 is 0 Å². The quantitative estimate of drug-likeness (QED) is 0.643. The highest BCUT2D eigenvalue weighted by Crippen LogP contribution is 2.33. The highest BCUT2D eigenvalue weighted by Gasteiger charge is 2.27. The van der Waals surface area contributed by atoms with Crippen LogP contribution in [0.4, 0.5) is 11.4 Å². The van der Waals surface area contributed by atoms with Gasteiger partial charge in [-0.1, -0.05) is 31.7 Å². The first-order valence-corrected chi connectivity index (χ1v) is 12.2. The lowest BCUT2D eigenvalue weighted by Crippen LogP contribution is -2.49. The van der Waals surface area contributed by atoms with Crippen LogP contribution in [0.1, 0.15) is 17.1 Å². The number of carbonyl (C=O) groups excluding carboxylic acids is 1. The summed E-state index contributed by atoms with van der Waals surface area (Å²) in [5.41, 5.74) is 0.902. The van der Waals surface area contributed by atoms with E-state index in [0.717, 1.165) is 11.6 Å². The molecule has 0 radical (unpaired) electrons. The van der Waals surface area contributed by atoms with Gasteiger partial charge in [0.25, 0.3) is 11.5 Å². The number of thiophene rings is 1. The number of hydrogen-bond acceptors (Lipinski definition) is 6. The molecule has 1 N–H and O–H groups in total. The molecule has 3 aromatic rings. The molecule has 0 spiro atoms. The number of sulfonamides is 1. The molecule has 1 amide bonds. The molecule has 10 heteroatoms. The van der Waals surface area contributed by atoms with E-state index in [1.54, 1.807) is 11.9 Å². The Labute approximate surface area is 185 Å². The van der Waals surface area contributed by atoms with Crippen molar-refractivity contribution in [2.24, 2.45) is 7.05 Å². The van der Waals surface area contributed by atoms with Crippen LogP contribution in [0.5, 0.6) is 0 Å². The first-order valence-electron chi connectivity index (χ1n) is 9.43. The van der Waals surface area contributed by atoms with Crippen LogP contribution in [0.2, 0.25) is 0 Å². The SMILES string of the molecule is C.Cn1c(=O)c(NS(C)(=O)=O)c(N2CCN(C(=O)c3cccs3)CC2)c2ccccc21. The van der Waals surface area contributed by atoms with Gasteiger partial charge in [0, 0.05) is 38.6 Å². The zero-order valence-corrected chi connectivity index (χ0v) is 18.3. The topological polar surface area (TPSA) is 91.7 Å². The van der Waals surface area contributed by atoms with E-state index in [-0.39, 0.29) is 19.0 Å². The number of para-hydroxylation sites is 1. The summed E-state index contributed by atoms with van der Waals surface area (Å²) in [5.74, 6) is -0.00651. The Morgan fingerprint density at radius 3 is 2.35 bits per heavy atom. The maximum atomic E-state index is 13.0. The summed E-state index contributed by atoms with van der Waals surface area (Å²) >= 11 is 1.41. The molecule has 0 aliphatic carbocycles. The Morgan fingerprint density at radius 2 is 1.74 bits per heavy atom. The van der Waals surface area contributed by atoms with Crippen LogP contribution in [0, 0.1) is 0 Å². The highest BCUT2D eigenvalue weighted by molar-refractivity contribution is 7.92. The van der Waals surface area contributed by atoms with E-state index in [4.69, 9.17) is 0 Å². The van der Waals surface area contributed by atoms with Crippen LogP contribution in [-0.2, 0) is 17.1 Å². The second-order valence-electron chi connectivity index (χ2n) is 7.24. The Hall–Kier alpha value is -2.85. The van der Waals surface area contributed by atoms with Gasteiger partial charge in [-0.15, -0.1) is 11.3 Å². The molecule has 0 bridgehead atoms. The number of piperazine rings is 1. The van der Waals surface area contributed by atoms with Crippen molar-refractivity contribution in [2.45, 2.75) is 7.43 Å². The Kier molecular flexibility index (Phi) is 6.42. The van der Waals surface area contributed by atoms with Gasteiger partial charge in [-0.25, -0.2) is 8.42 Å². The van der Waals surface area contributed by atoms with Crippen molar-refractivity contribution in [3.8, 4) is 0 Å². The van der Waals surface area contributed by atoms with Crippen LogP contribution in [0.15, 0.2) is 46.6 Å². The summed E-state index contributed by atoms with van der Waals surface area (Å²) < 4.78 is 27.8. The summed E-state index contributed by atoms with van der Waals surface area (Å²) in [5, 5.41) is 2.65. The number of fused-ring (bicyclic) bond motifs is 1. The molecule has 3 heterocycles. The standard InChI is InChI=1S/C20H22N4O4S2.CH4/c1-22-15-7-4-3-6-14(15)18(17(20(22)26)21-30(2,27)28)23-9-11-24(12-10-23)19(25)16-8-5-13-29-16;/h3-8,13,21H,9-12H2,1-2H3;1H4. The molecule has 1 saturated heterocycles. The number of aryl methyl sites for hydroxylation is 1. The maximum absolute atomic E-state index is 13.0. The molecule has 4 rings (SSSR count). The van der Waals surface area contributed by atoms with Crippen LogP contribution in [-0.4, -0.2) is 56.2 Å². The normalized spacial score (nSPS) is 14.4. The predicted molar refractivity (Wildman–Crippen MR) is 127 cm³/mol. The molecule has 31 heavy (non-hydrogen) atoms. The maximum Gasteiger partial charge on any atom is 0.277 e. The average Bonchev–Trinajstić information content (AvgIpc) is 3.26. The number of carbonyl (C=O) groups is 1. The van der Waals surface area contributed by atoms with E-state index in [2.05, 4.69) is 4.72 Å². The molecule has 1 fully saturated rings. The molecule has 0 unspecified atom stereocenters. The van der Waals surface area contributed by atoms with Gasteiger partial charge in [0.15, 0.2) is 0 Å². The Balaban J connectivity index is 0.00000272. The van der Waals surface area contributed by atoms with Gasteiger partial charge < -0.3 is 14.4 Å². The van der Waals surface area contributed by atoms with Crippen LogP contribution in [0.25, 0.3) is 10.9 Å². The lowest BCUT2D eigenvalue weighted by Gasteiger charge is -2.37. The lowest BCUT2D eigenvalue weighted by molar-refractivity contribution is 0.0752. The highest BCUT2D eigenvalue weighted by atomic mass is 32.2. The van der Waals surface area contributed by atoms with Gasteiger partial charge in [-0.2, -0.15) is 0 Å². The molecule has 2 aromatic heterocycles. The number of nitrogens with zero attached hydrogens (tertiary/aromatic N) is 3. The summed E-state index contributed by atoms with van der Waals surface area (Å²) in [6.45, 7) is 1.95. The van der Waals surface area contributed by atoms with E-state index >= 15 is 0 Å². The van der Waals surface area contributed by atoms with E-state index in [1.165, 1.54) is 15.9 Å². The zero-order chi connectivity index (χ0) is 21.5. The molecule has 8 nitrogen and oxygen atoms in total. The molecule has 1 aromatic carbocycles. The zero-order valence-electron chi connectivity index (χ0n) is 16.7. The minimum atomic E-state index is -3.65. The van der Waals surface area contributed by atoms with Crippen molar-refractivity contribution in [3.05, 3.63) is 57.0 Å². The van der Waals surface area contributed by atoms with E-state index < -0.39 is 15.6 Å². The molecular weight excluding hydrogens is 436 g/mol. The van der Waals surface area contributed by atoms with Crippen LogP contribution in [0.3, 0.4) is 0 Å². The van der Waals surface area contributed by atoms with Crippen molar-refractivity contribution in [1.29, 1.82) is 0 Å². The van der Waals surface area contributed by atoms with E-state index in [9.17, 15) is 18.0 Å². The monoisotopic (exact) mass is 462 g/mol. The van der Waals surface area contributed by atoms with Crippen LogP contribution < -0.4 is 15.2 Å². The fourth-order valence-corrected chi connectivity index (χ4v) is 5.02. The average molecular weight is 463 g/mol. The minimum absolute atomic E-state index is 0. The lowest BCUT2D eigenvalue weighted by atomic mass is 10.1. The number of anilines is 2. The third-order valence-electron chi connectivity index (χ3n) is 5.18. The smallest absolute Gasteiger partial charge is 0.277 e. The van der Waals surface area contributed by atoms with Gasteiger partial charge in [0.1, 0.15) is 5.69 Å². The number of nitrogens with one attached hydrogen (secondary N) is 1. The second kappa shape index (κ2) is 8.72. The van der Waals surface area contributed by atoms with E-state index in [0.29, 0.717) is 42.3 Å². The van der Waals surface area contributed by atoms with Crippen molar-refractivity contribution >= 4 is 49.5 Å². The third kappa shape index (κ3) is 4.45. The Morgan fingerprint density at radius 1 is 1.06 bits per heavy atom. The van der Waals surface area contributed by atoms with Crippen molar-refractivity contribution in [1.82, 2.24) is 9.47 Å². The molecule has 0 atom stereocenters. The predicted octanol–water partition coefficient (Wildman–Crippen LogP) is 2.57. The number of amides is 1. The molecule has 1 aliphatic rings. The van der Waals surface area contributed by atoms with Crippen LogP contribution >= 0.6 is 11.3 Å². The van der Waals surface area contributed by atoms with Gasteiger partial charge in [-0.3, -0.25) is 14.3 Å². The summed E-state index contributed by atoms with van der Waals surface area (Å²) in [7, 11) is -2.03. The van der Waals surface area contributed by atoms with Crippen molar-refractivity contribution < 1.29 is 13.2 Å². The molecule has 0 saturated carbocycles. The number of aromatic nitrogens is 1. The number of hydrogen-bond donors (Lipinski definition) is 1. The second-order valence-corrected chi connectivity index (χ2v) is 9.93. The number of rotatable bonds is 4. The van der Waals surface area contributed by atoms with E-state index in [1.807, 2.05) is 46.7 Å². The largest absolute Gasteiger partial charge is 0.366 e. The fraction of sp³-hybridized carbons (Fsp3) is 0.333.